The normalized spacial score (nSPS) is 17.0. The Kier molecular flexibility index (Phi) is 5.76. The molecule has 1 atom stereocenters. The Balaban J connectivity index is 1.51. The molecule has 1 fully saturated rings. The van der Waals surface area contributed by atoms with Gasteiger partial charge in [-0.1, -0.05) is 12.1 Å². The Labute approximate surface area is 162 Å². The van der Waals surface area contributed by atoms with Gasteiger partial charge in [-0.3, -0.25) is 9.59 Å². The number of nitrogens with zero attached hydrogens (tertiary/aromatic N) is 1. The summed E-state index contributed by atoms with van der Waals surface area (Å²) in [5.41, 5.74) is 1.42. The van der Waals surface area contributed by atoms with Crippen LogP contribution in [0.3, 0.4) is 0 Å². The molecule has 9 heteroatoms. The molecule has 0 radical (unpaired) electrons. The third-order valence-corrected chi connectivity index (χ3v) is 5.53. The number of primary sulfonamides is 1. The predicted molar refractivity (Wildman–Crippen MR) is 101 cm³/mol. The highest BCUT2D eigenvalue weighted by molar-refractivity contribution is 7.89. The lowest BCUT2D eigenvalue weighted by Gasteiger charge is -2.16. The Bertz CT molecular complexity index is 975. The summed E-state index contributed by atoms with van der Waals surface area (Å²) in [7, 11) is -3.73. The first-order valence-corrected chi connectivity index (χ1v) is 10.2. The lowest BCUT2D eigenvalue weighted by molar-refractivity contribution is -0.126. The average molecular weight is 405 g/mol. The number of anilines is 1. The summed E-state index contributed by atoms with van der Waals surface area (Å²) < 4.78 is 35.5. The fourth-order valence-electron chi connectivity index (χ4n) is 3.07. The van der Waals surface area contributed by atoms with Crippen molar-refractivity contribution in [1.82, 2.24) is 5.32 Å². The summed E-state index contributed by atoms with van der Waals surface area (Å²) in [6.07, 6.45) is 0.616. The van der Waals surface area contributed by atoms with Gasteiger partial charge in [0.15, 0.2) is 0 Å². The van der Waals surface area contributed by atoms with Gasteiger partial charge < -0.3 is 10.2 Å². The van der Waals surface area contributed by atoms with Crippen LogP contribution in [0.4, 0.5) is 10.1 Å². The Morgan fingerprint density at radius 1 is 1.14 bits per heavy atom. The van der Waals surface area contributed by atoms with E-state index in [9.17, 15) is 22.4 Å². The summed E-state index contributed by atoms with van der Waals surface area (Å²) in [5.74, 6) is -1.26. The zero-order valence-electron chi connectivity index (χ0n) is 15.0. The largest absolute Gasteiger partial charge is 0.355 e. The average Bonchev–Trinajstić information content (AvgIpc) is 3.04. The number of rotatable bonds is 6. The number of carbonyl (C=O) groups excluding carboxylic acids is 2. The maximum absolute atomic E-state index is 13.0. The maximum Gasteiger partial charge on any atom is 0.238 e. The molecule has 0 spiro atoms. The third-order valence-electron chi connectivity index (χ3n) is 4.60. The van der Waals surface area contributed by atoms with E-state index in [1.165, 1.54) is 41.3 Å². The van der Waals surface area contributed by atoms with E-state index in [2.05, 4.69) is 5.32 Å². The van der Waals surface area contributed by atoms with Gasteiger partial charge in [0.1, 0.15) is 5.82 Å². The van der Waals surface area contributed by atoms with Gasteiger partial charge in [-0.15, -0.1) is 0 Å². The first kappa shape index (κ1) is 20.0. The van der Waals surface area contributed by atoms with Crippen molar-refractivity contribution in [1.29, 1.82) is 0 Å². The van der Waals surface area contributed by atoms with Crippen LogP contribution in [0.1, 0.15) is 12.0 Å². The second-order valence-corrected chi connectivity index (χ2v) is 8.17. The fraction of sp³-hybridized carbons (Fsp3) is 0.263. The smallest absolute Gasteiger partial charge is 0.238 e. The molecule has 2 aromatic rings. The molecular formula is C19H20FN3O4S. The third kappa shape index (κ3) is 4.73. The summed E-state index contributed by atoms with van der Waals surface area (Å²) in [4.78, 5) is 26.0. The highest BCUT2D eigenvalue weighted by atomic mass is 32.2. The highest BCUT2D eigenvalue weighted by Crippen LogP contribution is 2.25. The summed E-state index contributed by atoms with van der Waals surface area (Å²) in [5, 5.41) is 7.85. The number of hydrogen-bond acceptors (Lipinski definition) is 4. The van der Waals surface area contributed by atoms with Gasteiger partial charge in [-0.05, 0) is 48.4 Å². The molecule has 1 heterocycles. The van der Waals surface area contributed by atoms with E-state index < -0.39 is 15.9 Å². The van der Waals surface area contributed by atoms with Gasteiger partial charge >= 0.3 is 0 Å². The van der Waals surface area contributed by atoms with Crippen molar-refractivity contribution < 1.29 is 22.4 Å². The van der Waals surface area contributed by atoms with E-state index in [4.69, 9.17) is 5.14 Å². The highest BCUT2D eigenvalue weighted by Gasteiger charge is 2.34. The maximum atomic E-state index is 13.0. The van der Waals surface area contributed by atoms with Crippen molar-refractivity contribution in [2.75, 3.05) is 18.0 Å². The molecule has 1 aliphatic heterocycles. The van der Waals surface area contributed by atoms with E-state index in [-0.39, 0.29) is 35.5 Å². The summed E-state index contributed by atoms with van der Waals surface area (Å²) in [6.45, 7) is 0.605. The molecule has 1 saturated heterocycles. The molecule has 2 amide bonds. The van der Waals surface area contributed by atoms with Crippen LogP contribution in [0.15, 0.2) is 53.4 Å². The number of sulfonamides is 1. The van der Waals surface area contributed by atoms with Gasteiger partial charge in [0, 0.05) is 25.2 Å². The number of halogens is 1. The van der Waals surface area contributed by atoms with E-state index in [1.54, 1.807) is 12.1 Å². The number of hydrogen-bond donors (Lipinski definition) is 2. The molecule has 1 aliphatic rings. The van der Waals surface area contributed by atoms with Gasteiger partial charge in [0.2, 0.25) is 21.8 Å². The van der Waals surface area contributed by atoms with Crippen molar-refractivity contribution >= 4 is 27.5 Å². The van der Waals surface area contributed by atoms with E-state index in [0.29, 0.717) is 18.7 Å². The number of benzene rings is 2. The number of amides is 2. The Morgan fingerprint density at radius 3 is 2.39 bits per heavy atom. The van der Waals surface area contributed by atoms with Crippen LogP contribution in [-0.4, -0.2) is 33.3 Å². The van der Waals surface area contributed by atoms with Crippen molar-refractivity contribution in [3.63, 3.8) is 0 Å². The second kappa shape index (κ2) is 8.07. The van der Waals surface area contributed by atoms with Gasteiger partial charge in [-0.2, -0.15) is 0 Å². The fourth-order valence-corrected chi connectivity index (χ4v) is 3.59. The Hall–Kier alpha value is -2.78. The van der Waals surface area contributed by atoms with Crippen LogP contribution < -0.4 is 15.4 Å². The molecule has 0 saturated carbocycles. The van der Waals surface area contributed by atoms with Crippen molar-refractivity contribution in [3.8, 4) is 0 Å². The molecule has 3 N–H and O–H groups in total. The van der Waals surface area contributed by atoms with E-state index >= 15 is 0 Å². The second-order valence-electron chi connectivity index (χ2n) is 6.61. The van der Waals surface area contributed by atoms with Crippen molar-refractivity contribution in [2.24, 2.45) is 11.1 Å². The molecule has 7 nitrogen and oxygen atoms in total. The molecular weight excluding hydrogens is 385 g/mol. The monoisotopic (exact) mass is 405 g/mol. The molecule has 0 aromatic heterocycles. The summed E-state index contributed by atoms with van der Waals surface area (Å²) in [6, 6.07) is 11.7. The molecule has 0 bridgehead atoms. The quantitative estimate of drug-likeness (QED) is 0.752. The first-order chi connectivity index (χ1) is 13.2. The zero-order chi connectivity index (χ0) is 20.3. The van der Waals surface area contributed by atoms with E-state index in [1.807, 2.05) is 0 Å². The number of nitrogens with one attached hydrogen (secondary N) is 1. The zero-order valence-corrected chi connectivity index (χ0v) is 15.8. The van der Waals surface area contributed by atoms with E-state index in [0.717, 1.165) is 5.56 Å². The van der Waals surface area contributed by atoms with Crippen molar-refractivity contribution in [2.45, 2.75) is 17.7 Å². The van der Waals surface area contributed by atoms with Crippen LogP contribution >= 0.6 is 0 Å². The lowest BCUT2D eigenvalue weighted by Crippen LogP contribution is -2.34. The number of nitrogens with two attached hydrogens (primary N) is 1. The molecule has 1 unspecified atom stereocenters. The first-order valence-electron chi connectivity index (χ1n) is 8.69. The molecule has 2 aromatic carbocycles. The molecule has 3 rings (SSSR count). The standard InChI is InChI=1S/C19H20FN3O4S/c20-15-3-5-16(6-4-15)23-12-14(11-18(23)24)19(25)22-10-9-13-1-7-17(8-2-13)28(21,26)27/h1-8,14H,9-12H2,(H,22,25)(H2,21,26,27). The summed E-state index contributed by atoms with van der Waals surface area (Å²) >= 11 is 0. The van der Waals surface area contributed by atoms with Crippen LogP contribution in [0, 0.1) is 11.7 Å². The minimum atomic E-state index is -3.73. The molecule has 0 aliphatic carbocycles. The van der Waals surface area contributed by atoms with Crippen LogP contribution in [-0.2, 0) is 26.0 Å². The van der Waals surface area contributed by atoms with Crippen molar-refractivity contribution in [3.05, 3.63) is 59.9 Å². The van der Waals surface area contributed by atoms with Crippen LogP contribution in [0.25, 0.3) is 0 Å². The minimum Gasteiger partial charge on any atom is -0.355 e. The topological polar surface area (TPSA) is 110 Å². The van der Waals surface area contributed by atoms with Gasteiger partial charge in [0.25, 0.3) is 0 Å². The van der Waals surface area contributed by atoms with Gasteiger partial charge in [0.05, 0.1) is 10.8 Å². The molecule has 148 valence electrons. The lowest BCUT2D eigenvalue weighted by atomic mass is 10.1. The Morgan fingerprint density at radius 2 is 1.79 bits per heavy atom. The molecule has 28 heavy (non-hydrogen) atoms. The predicted octanol–water partition coefficient (Wildman–Crippen LogP) is 1.18. The SMILES string of the molecule is NS(=O)(=O)c1ccc(CCNC(=O)C2CC(=O)N(c3ccc(F)cc3)C2)cc1. The number of carbonyl (C=O) groups is 2. The van der Waals surface area contributed by atoms with Gasteiger partial charge in [-0.25, -0.2) is 17.9 Å². The van der Waals surface area contributed by atoms with Crippen LogP contribution in [0.5, 0.6) is 0 Å². The van der Waals surface area contributed by atoms with Crippen LogP contribution in [0.2, 0.25) is 0 Å². The minimum absolute atomic E-state index is 0.0330.